The average Bonchev–Trinajstić information content (AvgIpc) is 2.71. The van der Waals surface area contributed by atoms with Crippen LogP contribution in [0.2, 0.25) is 0 Å². The highest BCUT2D eigenvalue weighted by Gasteiger charge is 2.35. The van der Waals surface area contributed by atoms with Gasteiger partial charge in [-0.25, -0.2) is 0 Å². The van der Waals surface area contributed by atoms with E-state index < -0.39 is 17.8 Å². The molecule has 0 fully saturated rings. The zero-order valence-corrected chi connectivity index (χ0v) is 15.1. The van der Waals surface area contributed by atoms with Gasteiger partial charge in [0.15, 0.2) is 0 Å². The van der Waals surface area contributed by atoms with Crippen molar-refractivity contribution in [3.8, 4) is 16.9 Å². The van der Waals surface area contributed by atoms with E-state index in [-0.39, 0.29) is 12.4 Å². The van der Waals surface area contributed by atoms with E-state index in [1.54, 1.807) is 54.9 Å². The quantitative estimate of drug-likeness (QED) is 0.610. The molecular weight excluding hydrogens is 367 g/mol. The second kappa shape index (κ2) is 8.89. The van der Waals surface area contributed by atoms with Crippen LogP contribution in [0.25, 0.3) is 11.1 Å². The van der Waals surface area contributed by atoms with Gasteiger partial charge in [0.1, 0.15) is 12.4 Å². The molecule has 3 nitrogen and oxygen atoms in total. The highest BCUT2D eigenvalue weighted by Crippen LogP contribution is 2.38. The molecule has 28 heavy (non-hydrogen) atoms. The van der Waals surface area contributed by atoms with Crippen LogP contribution in [0.5, 0.6) is 5.75 Å². The summed E-state index contributed by atoms with van der Waals surface area (Å²) in [5.74, 6) is -0.285. The van der Waals surface area contributed by atoms with Gasteiger partial charge < -0.3 is 9.84 Å². The number of aliphatic hydroxyl groups is 1. The second-order valence-electron chi connectivity index (χ2n) is 6.44. The third kappa shape index (κ3) is 5.33. The standard InChI is InChI=1S/C22H20F3NO2/c23-22(24,25)20-13-18(17-6-2-1-3-7-17)9-11-21(20)28-15-19(27)10-8-16-5-4-12-26-14-16/h1-7,9,11-14,19,27H,8,10,15H2/t19-/m1/s1. The first-order valence-electron chi connectivity index (χ1n) is 8.90. The molecule has 0 radical (unpaired) electrons. The van der Waals surface area contributed by atoms with Crippen LogP contribution >= 0.6 is 0 Å². The van der Waals surface area contributed by atoms with Crippen molar-refractivity contribution in [3.05, 3.63) is 84.2 Å². The first-order valence-corrected chi connectivity index (χ1v) is 8.90. The number of hydrogen-bond donors (Lipinski definition) is 1. The number of hydrogen-bond acceptors (Lipinski definition) is 3. The molecule has 0 aliphatic heterocycles. The zero-order valence-electron chi connectivity index (χ0n) is 15.1. The smallest absolute Gasteiger partial charge is 0.419 e. The summed E-state index contributed by atoms with van der Waals surface area (Å²) in [5.41, 5.74) is 1.24. The molecule has 6 heteroatoms. The van der Waals surface area contributed by atoms with Crippen LogP contribution in [-0.4, -0.2) is 22.8 Å². The Hall–Kier alpha value is -2.86. The van der Waals surface area contributed by atoms with Crippen molar-refractivity contribution in [1.82, 2.24) is 4.98 Å². The van der Waals surface area contributed by atoms with E-state index in [9.17, 15) is 18.3 Å². The van der Waals surface area contributed by atoms with Crippen molar-refractivity contribution in [2.45, 2.75) is 25.1 Å². The van der Waals surface area contributed by atoms with Gasteiger partial charge >= 0.3 is 6.18 Å². The lowest BCUT2D eigenvalue weighted by molar-refractivity contribution is -0.139. The monoisotopic (exact) mass is 387 g/mol. The molecule has 2 aromatic carbocycles. The minimum atomic E-state index is -4.55. The summed E-state index contributed by atoms with van der Waals surface area (Å²) in [6.07, 6.45) is -1.15. The Labute approximate surface area is 161 Å². The lowest BCUT2D eigenvalue weighted by Gasteiger charge is -2.17. The first kappa shape index (κ1) is 19.9. The normalized spacial score (nSPS) is 12.6. The molecule has 0 spiro atoms. The van der Waals surface area contributed by atoms with E-state index in [0.717, 1.165) is 11.6 Å². The minimum absolute atomic E-state index is 0.214. The Morgan fingerprint density at radius 3 is 2.43 bits per heavy atom. The fourth-order valence-corrected chi connectivity index (χ4v) is 2.84. The van der Waals surface area contributed by atoms with Gasteiger partial charge in [-0.2, -0.15) is 13.2 Å². The maximum atomic E-state index is 13.5. The van der Waals surface area contributed by atoms with E-state index in [4.69, 9.17) is 4.74 Å². The lowest BCUT2D eigenvalue weighted by atomic mass is 10.0. The van der Waals surface area contributed by atoms with E-state index in [2.05, 4.69) is 4.98 Å². The molecule has 1 heterocycles. The van der Waals surface area contributed by atoms with Gasteiger partial charge in [-0.15, -0.1) is 0 Å². The molecule has 1 aromatic heterocycles. The summed E-state index contributed by atoms with van der Waals surface area (Å²) in [4.78, 5) is 3.99. The van der Waals surface area contributed by atoms with Gasteiger partial charge in [0.25, 0.3) is 0 Å². The summed E-state index contributed by atoms with van der Waals surface area (Å²) in [6.45, 7) is -0.214. The SMILES string of the molecule is O[C@H](CCc1cccnc1)COc1ccc(-c2ccccc2)cc1C(F)(F)F. The van der Waals surface area contributed by atoms with Crippen LogP contribution in [0.15, 0.2) is 73.1 Å². The Bertz CT molecular complexity index is 883. The van der Waals surface area contributed by atoms with Crippen molar-refractivity contribution < 1.29 is 23.0 Å². The van der Waals surface area contributed by atoms with Crippen molar-refractivity contribution in [2.75, 3.05) is 6.61 Å². The lowest BCUT2D eigenvalue weighted by Crippen LogP contribution is -2.20. The predicted octanol–water partition coefficient (Wildman–Crippen LogP) is 5.14. The number of benzene rings is 2. The van der Waals surface area contributed by atoms with Gasteiger partial charge in [-0.1, -0.05) is 42.5 Å². The molecule has 0 unspecified atom stereocenters. The number of aliphatic hydroxyl groups excluding tert-OH is 1. The molecule has 0 amide bonds. The van der Waals surface area contributed by atoms with Gasteiger partial charge in [0.05, 0.1) is 11.7 Å². The Morgan fingerprint density at radius 2 is 1.75 bits per heavy atom. The first-order chi connectivity index (χ1) is 13.4. The molecule has 1 atom stereocenters. The second-order valence-corrected chi connectivity index (χ2v) is 6.44. The summed E-state index contributed by atoms with van der Waals surface area (Å²) in [7, 11) is 0. The average molecular weight is 387 g/mol. The number of aromatic nitrogens is 1. The highest BCUT2D eigenvalue weighted by atomic mass is 19.4. The maximum absolute atomic E-state index is 13.5. The molecule has 1 N–H and O–H groups in total. The number of halogens is 3. The van der Waals surface area contributed by atoms with Gasteiger partial charge in [0, 0.05) is 12.4 Å². The molecule has 3 rings (SSSR count). The van der Waals surface area contributed by atoms with Crippen LogP contribution in [0, 0.1) is 0 Å². The topological polar surface area (TPSA) is 42.4 Å². The summed E-state index contributed by atoms with van der Waals surface area (Å²) in [6, 6.07) is 16.5. The molecule has 0 saturated carbocycles. The number of ether oxygens (including phenoxy) is 1. The summed E-state index contributed by atoms with van der Waals surface area (Å²) in [5, 5.41) is 10.1. The van der Waals surface area contributed by atoms with Gasteiger partial charge in [-0.05, 0) is 47.7 Å². The summed E-state index contributed by atoms with van der Waals surface area (Å²) >= 11 is 0. The van der Waals surface area contributed by atoms with Gasteiger partial charge in [0.2, 0.25) is 0 Å². The third-order valence-electron chi connectivity index (χ3n) is 4.31. The minimum Gasteiger partial charge on any atom is -0.490 e. The molecular formula is C22H20F3NO2. The molecule has 0 aliphatic rings. The maximum Gasteiger partial charge on any atom is 0.419 e. The zero-order chi connectivity index (χ0) is 20.0. The van der Waals surface area contributed by atoms with Crippen molar-refractivity contribution in [2.24, 2.45) is 0 Å². The number of aryl methyl sites for hydroxylation is 1. The fourth-order valence-electron chi connectivity index (χ4n) is 2.84. The number of nitrogens with zero attached hydrogens (tertiary/aromatic N) is 1. The van der Waals surface area contributed by atoms with Crippen molar-refractivity contribution in [1.29, 1.82) is 0 Å². The number of rotatable bonds is 7. The molecule has 146 valence electrons. The van der Waals surface area contributed by atoms with Crippen LogP contribution in [0.4, 0.5) is 13.2 Å². The fraction of sp³-hybridized carbons (Fsp3) is 0.227. The van der Waals surface area contributed by atoms with Crippen molar-refractivity contribution >= 4 is 0 Å². The summed E-state index contributed by atoms with van der Waals surface area (Å²) < 4.78 is 45.8. The van der Waals surface area contributed by atoms with Crippen LogP contribution < -0.4 is 4.74 Å². The Balaban J connectivity index is 1.69. The number of alkyl halides is 3. The molecule has 0 aliphatic carbocycles. The Morgan fingerprint density at radius 1 is 0.964 bits per heavy atom. The largest absolute Gasteiger partial charge is 0.490 e. The van der Waals surface area contributed by atoms with Gasteiger partial charge in [-0.3, -0.25) is 4.98 Å². The molecule has 0 saturated heterocycles. The van der Waals surface area contributed by atoms with Crippen LogP contribution in [0.3, 0.4) is 0 Å². The van der Waals surface area contributed by atoms with E-state index in [1.807, 2.05) is 6.07 Å². The van der Waals surface area contributed by atoms with Crippen molar-refractivity contribution in [3.63, 3.8) is 0 Å². The Kier molecular flexibility index (Phi) is 6.31. The molecule has 0 bridgehead atoms. The third-order valence-corrected chi connectivity index (χ3v) is 4.31. The number of pyridine rings is 1. The van der Waals surface area contributed by atoms with E-state index >= 15 is 0 Å². The predicted molar refractivity (Wildman–Crippen MR) is 101 cm³/mol. The van der Waals surface area contributed by atoms with E-state index in [0.29, 0.717) is 24.0 Å². The van der Waals surface area contributed by atoms with Crippen LogP contribution in [-0.2, 0) is 12.6 Å². The highest BCUT2D eigenvalue weighted by molar-refractivity contribution is 5.66. The molecule has 3 aromatic rings. The van der Waals surface area contributed by atoms with Crippen LogP contribution in [0.1, 0.15) is 17.5 Å². The van der Waals surface area contributed by atoms with E-state index in [1.165, 1.54) is 6.07 Å².